The van der Waals surface area contributed by atoms with Crippen LogP contribution in [0.25, 0.3) is 0 Å². The molecule has 11 nitrogen and oxygen atoms in total. The Morgan fingerprint density at radius 3 is 2.11 bits per heavy atom. The van der Waals surface area contributed by atoms with Gasteiger partial charge >= 0.3 is 0 Å². The first kappa shape index (κ1) is 31.7. The molecular formula is C25H43N3O8. The summed E-state index contributed by atoms with van der Waals surface area (Å²) in [5.74, 6) is -0.241. The number of Topliss-reactive ketones (excluding diaryl/α,β-unsaturated/α-hetero) is 2. The Morgan fingerprint density at radius 1 is 0.806 bits per heavy atom. The standard InChI is InChI=1S/C25H43N3O8/c1-20-10-12-28(19-20)25(34)5-3-2-4-21(30)6-8-24(33)27-18-22(31)7-9-23(32)26-11-14-35-16-17-36-15-13-29/h20,29H,2-19H2,1H3,(H,26,32)(H,27,33)/t20-/m0/s1. The van der Waals surface area contributed by atoms with E-state index >= 15 is 0 Å². The minimum absolute atomic E-state index is 0.00988. The third-order valence-corrected chi connectivity index (χ3v) is 5.79. The maximum absolute atomic E-state index is 12.1. The second-order valence-corrected chi connectivity index (χ2v) is 9.09. The Hall–Kier alpha value is -2.37. The van der Waals surface area contributed by atoms with Gasteiger partial charge in [-0.25, -0.2) is 0 Å². The quantitative estimate of drug-likeness (QED) is 0.186. The van der Waals surface area contributed by atoms with E-state index in [2.05, 4.69) is 17.6 Å². The van der Waals surface area contributed by atoms with Crippen molar-refractivity contribution in [3.63, 3.8) is 0 Å². The van der Waals surface area contributed by atoms with E-state index in [1.165, 1.54) is 0 Å². The summed E-state index contributed by atoms with van der Waals surface area (Å²) in [6.45, 7) is 5.18. The van der Waals surface area contributed by atoms with Gasteiger partial charge in [0.05, 0.1) is 39.6 Å². The molecule has 1 aliphatic heterocycles. The Labute approximate surface area is 213 Å². The van der Waals surface area contributed by atoms with Crippen LogP contribution in [0.5, 0.6) is 0 Å². The maximum Gasteiger partial charge on any atom is 0.222 e. The van der Waals surface area contributed by atoms with Gasteiger partial charge in [0.25, 0.3) is 0 Å². The molecule has 0 aromatic rings. The van der Waals surface area contributed by atoms with Gasteiger partial charge < -0.3 is 30.1 Å². The van der Waals surface area contributed by atoms with Gasteiger partial charge in [0.1, 0.15) is 5.78 Å². The minimum atomic E-state index is -0.375. The van der Waals surface area contributed by atoms with E-state index in [9.17, 15) is 24.0 Å². The third kappa shape index (κ3) is 16.3. The predicted molar refractivity (Wildman–Crippen MR) is 132 cm³/mol. The summed E-state index contributed by atoms with van der Waals surface area (Å²) in [5.41, 5.74) is 0. The van der Waals surface area contributed by atoms with Crippen LogP contribution in [0.4, 0.5) is 0 Å². The number of ketones is 2. The molecule has 0 unspecified atom stereocenters. The first-order valence-electron chi connectivity index (χ1n) is 12.9. The van der Waals surface area contributed by atoms with Crippen molar-refractivity contribution in [1.29, 1.82) is 0 Å². The molecule has 0 radical (unpaired) electrons. The predicted octanol–water partition coefficient (Wildman–Crippen LogP) is 0.372. The first-order chi connectivity index (χ1) is 17.3. The molecule has 3 amide bonds. The number of ether oxygens (including phenoxy) is 2. The number of likely N-dealkylation sites (tertiary alicyclic amines) is 1. The number of aliphatic hydroxyl groups excluding tert-OH is 1. The molecule has 36 heavy (non-hydrogen) atoms. The average molecular weight is 514 g/mol. The fourth-order valence-electron chi connectivity index (χ4n) is 3.66. The number of unbranched alkanes of at least 4 members (excludes halogenated alkanes) is 1. The van der Waals surface area contributed by atoms with E-state index in [4.69, 9.17) is 14.6 Å². The molecule has 11 heteroatoms. The summed E-state index contributed by atoms with van der Waals surface area (Å²) in [7, 11) is 0. The highest BCUT2D eigenvalue weighted by Gasteiger charge is 2.22. The summed E-state index contributed by atoms with van der Waals surface area (Å²) in [4.78, 5) is 61.5. The normalized spacial score (nSPS) is 15.1. The zero-order valence-corrected chi connectivity index (χ0v) is 21.6. The van der Waals surface area contributed by atoms with E-state index in [1.807, 2.05) is 4.90 Å². The number of carbonyl (C=O) groups excluding carboxylic acids is 5. The van der Waals surface area contributed by atoms with Gasteiger partial charge in [-0.1, -0.05) is 6.92 Å². The van der Waals surface area contributed by atoms with Crippen molar-refractivity contribution < 1.29 is 38.6 Å². The van der Waals surface area contributed by atoms with E-state index < -0.39 is 0 Å². The summed E-state index contributed by atoms with van der Waals surface area (Å²) in [6.07, 6.45) is 3.29. The fourth-order valence-corrected chi connectivity index (χ4v) is 3.66. The lowest BCUT2D eigenvalue weighted by molar-refractivity contribution is -0.130. The van der Waals surface area contributed by atoms with Crippen molar-refractivity contribution in [3.8, 4) is 0 Å². The molecule has 0 saturated carbocycles. The number of amides is 3. The van der Waals surface area contributed by atoms with Crippen LogP contribution >= 0.6 is 0 Å². The van der Waals surface area contributed by atoms with Crippen molar-refractivity contribution in [2.75, 3.05) is 59.2 Å². The Morgan fingerprint density at radius 2 is 1.44 bits per heavy atom. The molecule has 1 saturated heterocycles. The molecule has 0 bridgehead atoms. The lowest BCUT2D eigenvalue weighted by Crippen LogP contribution is -2.31. The summed E-state index contributed by atoms with van der Waals surface area (Å²) < 4.78 is 10.3. The van der Waals surface area contributed by atoms with Crippen LogP contribution in [-0.4, -0.2) is 98.5 Å². The third-order valence-electron chi connectivity index (χ3n) is 5.79. The molecule has 1 aliphatic rings. The second-order valence-electron chi connectivity index (χ2n) is 9.09. The number of nitrogens with one attached hydrogen (secondary N) is 2. The van der Waals surface area contributed by atoms with Gasteiger partial charge in [-0.15, -0.1) is 0 Å². The number of rotatable bonds is 21. The second kappa shape index (κ2) is 19.8. The first-order valence-corrected chi connectivity index (χ1v) is 12.9. The molecular weight excluding hydrogens is 470 g/mol. The summed E-state index contributed by atoms with van der Waals surface area (Å²) >= 11 is 0. The summed E-state index contributed by atoms with van der Waals surface area (Å²) in [5, 5.41) is 13.7. The maximum atomic E-state index is 12.1. The van der Waals surface area contributed by atoms with Gasteiger partial charge in [0.15, 0.2) is 5.78 Å². The highest BCUT2D eigenvalue weighted by atomic mass is 16.5. The smallest absolute Gasteiger partial charge is 0.222 e. The molecule has 0 aromatic carbocycles. The van der Waals surface area contributed by atoms with Gasteiger partial charge in [0, 0.05) is 58.2 Å². The molecule has 1 atom stereocenters. The molecule has 0 aromatic heterocycles. The van der Waals surface area contributed by atoms with Gasteiger partial charge in [-0.2, -0.15) is 0 Å². The van der Waals surface area contributed by atoms with Crippen LogP contribution < -0.4 is 10.6 Å². The lowest BCUT2D eigenvalue weighted by Gasteiger charge is -2.15. The molecule has 1 rings (SSSR count). The van der Waals surface area contributed by atoms with Crippen molar-refractivity contribution >= 4 is 29.3 Å². The van der Waals surface area contributed by atoms with Crippen LogP contribution in [0.3, 0.4) is 0 Å². The summed E-state index contributed by atoms with van der Waals surface area (Å²) in [6, 6.07) is 0. The van der Waals surface area contributed by atoms with E-state index in [0.29, 0.717) is 58.0 Å². The molecule has 0 spiro atoms. The van der Waals surface area contributed by atoms with Crippen molar-refractivity contribution in [2.24, 2.45) is 5.92 Å². The van der Waals surface area contributed by atoms with Gasteiger partial charge in [-0.05, 0) is 25.2 Å². The fraction of sp³-hybridized carbons (Fsp3) is 0.800. The van der Waals surface area contributed by atoms with E-state index in [-0.39, 0.29) is 74.7 Å². The molecule has 206 valence electrons. The van der Waals surface area contributed by atoms with E-state index in [1.54, 1.807) is 0 Å². The molecule has 3 N–H and O–H groups in total. The Balaban J connectivity index is 1.97. The Kier molecular flexibility index (Phi) is 17.4. The topological polar surface area (TPSA) is 151 Å². The number of carbonyl (C=O) groups is 5. The Bertz CT molecular complexity index is 701. The monoisotopic (exact) mass is 513 g/mol. The molecule has 0 aliphatic carbocycles. The van der Waals surface area contributed by atoms with Crippen LogP contribution in [-0.2, 0) is 33.4 Å². The van der Waals surface area contributed by atoms with E-state index in [0.717, 1.165) is 19.5 Å². The zero-order valence-electron chi connectivity index (χ0n) is 21.6. The number of aliphatic hydroxyl groups is 1. The zero-order chi connectivity index (χ0) is 26.6. The minimum Gasteiger partial charge on any atom is -0.394 e. The van der Waals surface area contributed by atoms with Crippen molar-refractivity contribution in [2.45, 2.75) is 64.7 Å². The van der Waals surface area contributed by atoms with Crippen molar-refractivity contribution in [1.82, 2.24) is 15.5 Å². The number of hydrogen-bond acceptors (Lipinski definition) is 8. The molecule has 1 fully saturated rings. The highest BCUT2D eigenvalue weighted by Crippen LogP contribution is 2.17. The number of hydrogen-bond donors (Lipinski definition) is 3. The SMILES string of the molecule is C[C@H]1CCN(C(=O)CCCCC(=O)CCC(=O)NCC(=O)CCC(=O)NCCOCCOCCO)C1. The van der Waals surface area contributed by atoms with Crippen LogP contribution in [0.15, 0.2) is 0 Å². The van der Waals surface area contributed by atoms with Crippen LogP contribution in [0.2, 0.25) is 0 Å². The van der Waals surface area contributed by atoms with Gasteiger partial charge in [-0.3, -0.25) is 24.0 Å². The number of nitrogens with zero attached hydrogens (tertiary/aromatic N) is 1. The van der Waals surface area contributed by atoms with Crippen LogP contribution in [0.1, 0.15) is 64.7 Å². The van der Waals surface area contributed by atoms with Gasteiger partial charge in [0.2, 0.25) is 17.7 Å². The average Bonchev–Trinajstić information content (AvgIpc) is 3.30. The van der Waals surface area contributed by atoms with Crippen molar-refractivity contribution in [3.05, 3.63) is 0 Å². The highest BCUT2D eigenvalue weighted by molar-refractivity contribution is 5.90. The molecule has 1 heterocycles. The van der Waals surface area contributed by atoms with Crippen LogP contribution in [0, 0.1) is 5.92 Å². The lowest BCUT2D eigenvalue weighted by atomic mass is 10.1. The largest absolute Gasteiger partial charge is 0.394 e.